The van der Waals surface area contributed by atoms with Gasteiger partial charge >= 0.3 is 5.97 Å². The average molecular weight is 680 g/mol. The molecule has 1 aliphatic carbocycles. The summed E-state index contributed by atoms with van der Waals surface area (Å²) in [5.41, 5.74) is 1.63. The van der Waals surface area contributed by atoms with Crippen molar-refractivity contribution >= 4 is 34.5 Å². The summed E-state index contributed by atoms with van der Waals surface area (Å²) in [4.78, 5) is 35.3. The van der Waals surface area contributed by atoms with Gasteiger partial charge in [-0.3, -0.25) is 14.3 Å². The Kier molecular flexibility index (Phi) is 14.3. The molecule has 2 fully saturated rings. The van der Waals surface area contributed by atoms with E-state index in [9.17, 15) is 14.7 Å². The number of hydrogen-bond donors (Lipinski definition) is 6. The maximum absolute atomic E-state index is 12.6. The normalized spacial score (nSPS) is 16.5. The first-order valence-electron chi connectivity index (χ1n) is 17.8. The fourth-order valence-electron chi connectivity index (χ4n) is 6.36. The summed E-state index contributed by atoms with van der Waals surface area (Å²) in [6, 6.07) is 8.65. The van der Waals surface area contributed by atoms with Crippen molar-refractivity contribution in [3.63, 3.8) is 0 Å². The van der Waals surface area contributed by atoms with E-state index in [1.807, 2.05) is 40.0 Å². The molecule has 268 valence electrons. The van der Waals surface area contributed by atoms with Crippen LogP contribution in [0, 0.1) is 0 Å². The quantitative estimate of drug-likeness (QED) is 0.0795. The standard InChI is InChI=1S/C34H53N11O4/c1-49-32(48)23-36-16-12-31(47)44-18-13-26(14-19-44)39-33-29-10-5-6-11-30(29)40-34(41-33)38-20-27-24-45(43-42-27)17-7-15-35-21-28(46)22-37-25-8-3-2-4-9-25/h5-6,10-11,24-26,28,35-37,46H,2-4,7-9,12-23H2,1H3,(H2,38,39,40,41). The second-order valence-electron chi connectivity index (χ2n) is 13.0. The van der Waals surface area contributed by atoms with E-state index < -0.39 is 0 Å². The number of carbonyl (C=O) groups is 2. The average Bonchev–Trinajstić information content (AvgIpc) is 3.59. The van der Waals surface area contributed by atoms with Gasteiger partial charge < -0.3 is 41.3 Å². The topological polar surface area (TPSA) is 183 Å². The molecule has 15 nitrogen and oxygen atoms in total. The molecule has 1 saturated heterocycles. The van der Waals surface area contributed by atoms with E-state index >= 15 is 0 Å². The minimum atomic E-state index is -0.386. The minimum Gasteiger partial charge on any atom is -0.468 e. The molecule has 1 saturated carbocycles. The first-order chi connectivity index (χ1) is 24.0. The van der Waals surface area contributed by atoms with Gasteiger partial charge in [0.15, 0.2) is 0 Å². The van der Waals surface area contributed by atoms with Crippen molar-refractivity contribution in [3.8, 4) is 0 Å². The molecule has 2 aromatic heterocycles. The third kappa shape index (κ3) is 11.9. The number of carbonyl (C=O) groups excluding carboxylic acids is 2. The maximum Gasteiger partial charge on any atom is 0.319 e. The van der Waals surface area contributed by atoms with E-state index in [2.05, 4.69) is 41.6 Å². The fourth-order valence-corrected chi connectivity index (χ4v) is 6.36. The smallest absolute Gasteiger partial charge is 0.319 e. The van der Waals surface area contributed by atoms with E-state index in [1.54, 1.807) is 0 Å². The number of fused-ring (bicyclic) bond motifs is 1. The van der Waals surface area contributed by atoms with Crippen LogP contribution < -0.4 is 26.6 Å². The predicted octanol–water partition coefficient (Wildman–Crippen LogP) is 1.65. The second kappa shape index (κ2) is 19.3. The number of piperidine rings is 1. The van der Waals surface area contributed by atoms with Crippen molar-refractivity contribution in [2.75, 3.05) is 63.6 Å². The lowest BCUT2D eigenvalue weighted by atomic mass is 9.95. The molecule has 5 rings (SSSR count). The highest BCUT2D eigenvalue weighted by molar-refractivity contribution is 5.90. The van der Waals surface area contributed by atoms with Crippen molar-refractivity contribution in [3.05, 3.63) is 36.2 Å². The molecule has 49 heavy (non-hydrogen) atoms. The number of aliphatic hydroxyl groups is 1. The maximum atomic E-state index is 12.6. The number of anilines is 2. The van der Waals surface area contributed by atoms with Crippen LogP contribution in [0.15, 0.2) is 30.5 Å². The number of benzene rings is 1. The van der Waals surface area contributed by atoms with Crippen molar-refractivity contribution in [1.82, 2.24) is 45.8 Å². The highest BCUT2D eigenvalue weighted by Gasteiger charge is 2.23. The Bertz CT molecular complexity index is 1460. The Morgan fingerprint density at radius 2 is 1.82 bits per heavy atom. The number of likely N-dealkylation sites (tertiary alicyclic amines) is 1. The third-order valence-corrected chi connectivity index (χ3v) is 9.19. The van der Waals surface area contributed by atoms with Crippen molar-refractivity contribution in [2.45, 2.75) is 89.1 Å². The van der Waals surface area contributed by atoms with E-state index in [0.29, 0.717) is 57.7 Å². The van der Waals surface area contributed by atoms with Gasteiger partial charge in [-0.15, -0.1) is 5.10 Å². The van der Waals surface area contributed by atoms with Crippen LogP contribution >= 0.6 is 0 Å². The fraction of sp³-hybridized carbons (Fsp3) is 0.647. The molecule has 0 radical (unpaired) electrons. The number of ether oxygens (including phenoxy) is 1. The monoisotopic (exact) mass is 679 g/mol. The zero-order chi connectivity index (χ0) is 34.3. The van der Waals surface area contributed by atoms with Crippen LogP contribution in [0.4, 0.5) is 11.8 Å². The van der Waals surface area contributed by atoms with Crippen molar-refractivity contribution < 1.29 is 19.4 Å². The number of aromatic nitrogens is 5. The Hall–Kier alpha value is -3.92. The highest BCUT2D eigenvalue weighted by atomic mass is 16.5. The molecule has 2 aliphatic rings. The summed E-state index contributed by atoms with van der Waals surface area (Å²) in [6.07, 6.45) is 10.7. The van der Waals surface area contributed by atoms with Crippen LogP contribution in [0.2, 0.25) is 0 Å². The van der Waals surface area contributed by atoms with E-state index in [0.717, 1.165) is 54.8 Å². The van der Waals surface area contributed by atoms with E-state index in [-0.39, 0.29) is 30.6 Å². The van der Waals surface area contributed by atoms with Gasteiger partial charge in [0.05, 0.1) is 38.0 Å². The zero-order valence-corrected chi connectivity index (χ0v) is 28.7. The number of esters is 1. The van der Waals surface area contributed by atoms with Gasteiger partial charge in [0.1, 0.15) is 11.5 Å². The summed E-state index contributed by atoms with van der Waals surface area (Å²) in [7, 11) is 1.34. The molecule has 1 amide bonds. The van der Waals surface area contributed by atoms with Crippen LogP contribution in [0.3, 0.4) is 0 Å². The van der Waals surface area contributed by atoms with Crippen LogP contribution in [0.25, 0.3) is 10.9 Å². The lowest BCUT2D eigenvalue weighted by molar-refractivity contribution is -0.140. The van der Waals surface area contributed by atoms with Crippen LogP contribution in [-0.4, -0.2) is 118 Å². The molecule has 3 aromatic rings. The van der Waals surface area contributed by atoms with Gasteiger partial charge in [0, 0.05) is 63.2 Å². The molecule has 0 spiro atoms. The van der Waals surface area contributed by atoms with Gasteiger partial charge in [-0.1, -0.05) is 36.6 Å². The molecule has 1 unspecified atom stereocenters. The number of rotatable bonds is 19. The van der Waals surface area contributed by atoms with Crippen molar-refractivity contribution in [1.29, 1.82) is 0 Å². The number of aryl methyl sites for hydroxylation is 1. The lowest BCUT2D eigenvalue weighted by Crippen LogP contribution is -2.43. The largest absolute Gasteiger partial charge is 0.468 e. The number of nitrogens with one attached hydrogen (secondary N) is 5. The van der Waals surface area contributed by atoms with Crippen LogP contribution in [0.5, 0.6) is 0 Å². The number of hydrogen-bond acceptors (Lipinski definition) is 13. The van der Waals surface area contributed by atoms with E-state index in [1.165, 1.54) is 39.2 Å². The Balaban J connectivity index is 1.03. The number of aliphatic hydroxyl groups excluding tert-OH is 1. The number of amides is 1. The summed E-state index contributed by atoms with van der Waals surface area (Å²) in [6.45, 7) is 5.03. The number of nitrogens with zero attached hydrogens (tertiary/aromatic N) is 6. The molecule has 6 N–H and O–H groups in total. The molecular weight excluding hydrogens is 626 g/mol. The van der Waals surface area contributed by atoms with Crippen LogP contribution in [-0.2, 0) is 27.4 Å². The summed E-state index contributed by atoms with van der Waals surface area (Å²) >= 11 is 0. The van der Waals surface area contributed by atoms with Gasteiger partial charge in [0.25, 0.3) is 0 Å². The summed E-state index contributed by atoms with van der Waals surface area (Å²) in [5, 5.41) is 36.5. The van der Waals surface area contributed by atoms with E-state index in [4.69, 9.17) is 9.97 Å². The van der Waals surface area contributed by atoms with Gasteiger partial charge in [0.2, 0.25) is 11.9 Å². The minimum absolute atomic E-state index is 0.0798. The van der Waals surface area contributed by atoms with Gasteiger partial charge in [-0.05, 0) is 50.8 Å². The third-order valence-electron chi connectivity index (χ3n) is 9.19. The molecule has 3 heterocycles. The van der Waals surface area contributed by atoms with Crippen LogP contribution in [0.1, 0.15) is 63.5 Å². The Morgan fingerprint density at radius 3 is 2.63 bits per heavy atom. The second-order valence-corrected chi connectivity index (χ2v) is 13.0. The molecule has 15 heteroatoms. The Labute approximate surface area is 288 Å². The first-order valence-corrected chi connectivity index (χ1v) is 17.8. The molecule has 1 aromatic carbocycles. The summed E-state index contributed by atoms with van der Waals surface area (Å²) < 4.78 is 6.45. The first kappa shape index (κ1) is 36.4. The number of para-hydroxylation sites is 1. The summed E-state index contributed by atoms with van der Waals surface area (Å²) in [5.74, 6) is 0.999. The van der Waals surface area contributed by atoms with Crippen molar-refractivity contribution in [2.24, 2.45) is 0 Å². The lowest BCUT2D eigenvalue weighted by Gasteiger charge is -2.33. The zero-order valence-electron chi connectivity index (χ0n) is 28.7. The molecular formula is C34H53N11O4. The Morgan fingerprint density at radius 1 is 1.00 bits per heavy atom. The number of methoxy groups -OCH3 is 1. The SMILES string of the molecule is COC(=O)CNCCC(=O)N1CCC(Nc2nc(NCc3cn(CCCNCC(O)CNC4CCCCC4)nn3)nc3ccccc23)CC1. The highest BCUT2D eigenvalue weighted by Crippen LogP contribution is 2.25. The molecule has 1 atom stereocenters. The predicted molar refractivity (Wildman–Crippen MR) is 188 cm³/mol. The molecule has 0 bridgehead atoms. The molecule has 1 aliphatic heterocycles. The van der Waals surface area contributed by atoms with Gasteiger partial charge in [-0.2, -0.15) is 4.98 Å². The van der Waals surface area contributed by atoms with Gasteiger partial charge in [-0.25, -0.2) is 4.98 Å².